The molecule has 0 spiro atoms. The van der Waals surface area contributed by atoms with E-state index in [-0.39, 0.29) is 11.8 Å². The third-order valence-corrected chi connectivity index (χ3v) is 5.04. The number of rotatable bonds is 2. The van der Waals surface area contributed by atoms with Crippen LogP contribution in [0.2, 0.25) is 0 Å². The summed E-state index contributed by atoms with van der Waals surface area (Å²) in [4.78, 5) is 4.78. The molecule has 1 aliphatic rings. The highest BCUT2D eigenvalue weighted by molar-refractivity contribution is 7.91. The Morgan fingerprint density at radius 1 is 1.16 bits per heavy atom. The minimum absolute atomic E-state index is 0.0853. The number of hydrogen-bond acceptors (Lipinski definition) is 4. The van der Waals surface area contributed by atoms with Crippen LogP contribution in [0, 0.1) is 6.92 Å². The first kappa shape index (κ1) is 12.2. The second kappa shape index (κ2) is 4.35. The summed E-state index contributed by atoms with van der Waals surface area (Å²) in [5.74, 6) is 0.791. The fourth-order valence-electron chi connectivity index (χ4n) is 2.37. The van der Waals surface area contributed by atoms with Crippen molar-refractivity contribution in [2.24, 2.45) is 0 Å². The molecular formula is C14H14N2O2S. The number of nitrogens with zero attached hydrogens (tertiary/aromatic N) is 1. The van der Waals surface area contributed by atoms with Crippen molar-refractivity contribution in [3.8, 4) is 0 Å². The van der Waals surface area contributed by atoms with Crippen molar-refractivity contribution in [3.63, 3.8) is 0 Å². The molecule has 1 aliphatic heterocycles. The van der Waals surface area contributed by atoms with Crippen LogP contribution in [0.4, 0.5) is 5.82 Å². The van der Waals surface area contributed by atoms with Gasteiger partial charge in [0.1, 0.15) is 5.82 Å². The van der Waals surface area contributed by atoms with Crippen molar-refractivity contribution in [2.45, 2.75) is 17.9 Å². The summed E-state index contributed by atoms with van der Waals surface area (Å²) in [5, 5.41) is 3.20. The highest BCUT2D eigenvalue weighted by Gasteiger charge is 2.34. The Morgan fingerprint density at radius 2 is 1.95 bits per heavy atom. The normalized spacial score (nSPS) is 19.9. The molecule has 1 aromatic heterocycles. The van der Waals surface area contributed by atoms with Crippen LogP contribution in [-0.4, -0.2) is 19.2 Å². The number of anilines is 1. The standard InChI is InChI=1S/C14H14N2O2S/c1-10-5-4-8-14(15-10)16-12-9-19(17,18)13-7-3-2-6-11(12)13/h2-8,12H,9H2,1H3,(H,15,16). The smallest absolute Gasteiger partial charge is 0.181 e. The maximum Gasteiger partial charge on any atom is 0.181 e. The lowest BCUT2D eigenvalue weighted by atomic mass is 10.1. The van der Waals surface area contributed by atoms with E-state index in [1.165, 1.54) is 0 Å². The summed E-state index contributed by atoms with van der Waals surface area (Å²) in [6, 6.07) is 12.6. The summed E-state index contributed by atoms with van der Waals surface area (Å²) in [7, 11) is -3.18. The second-order valence-electron chi connectivity index (χ2n) is 4.68. The molecule has 0 aliphatic carbocycles. The Kier molecular flexibility index (Phi) is 2.78. The van der Waals surface area contributed by atoms with Crippen LogP contribution in [0.25, 0.3) is 0 Å². The van der Waals surface area contributed by atoms with Crippen molar-refractivity contribution >= 4 is 15.7 Å². The van der Waals surface area contributed by atoms with Crippen LogP contribution in [0.1, 0.15) is 17.3 Å². The van der Waals surface area contributed by atoms with Gasteiger partial charge in [0.25, 0.3) is 0 Å². The Bertz CT molecular complexity index is 726. The van der Waals surface area contributed by atoms with Crippen LogP contribution < -0.4 is 5.32 Å². The molecule has 0 amide bonds. The van der Waals surface area contributed by atoms with E-state index in [4.69, 9.17) is 0 Å². The monoisotopic (exact) mass is 274 g/mol. The first-order chi connectivity index (χ1) is 9.06. The fourth-order valence-corrected chi connectivity index (χ4v) is 4.11. The van der Waals surface area contributed by atoms with E-state index >= 15 is 0 Å². The zero-order valence-electron chi connectivity index (χ0n) is 10.5. The lowest BCUT2D eigenvalue weighted by molar-refractivity contribution is 0.598. The van der Waals surface area contributed by atoms with Gasteiger partial charge in [0.2, 0.25) is 0 Å². The summed E-state index contributed by atoms with van der Waals surface area (Å²) in [6.45, 7) is 1.91. The molecule has 98 valence electrons. The van der Waals surface area contributed by atoms with Gasteiger partial charge in [0, 0.05) is 5.69 Å². The van der Waals surface area contributed by atoms with Gasteiger partial charge >= 0.3 is 0 Å². The number of aryl methyl sites for hydroxylation is 1. The average molecular weight is 274 g/mol. The Hall–Kier alpha value is -1.88. The summed E-state index contributed by atoms with van der Waals surface area (Å²) in [6.07, 6.45) is 0. The van der Waals surface area contributed by atoms with Gasteiger partial charge in [0.05, 0.1) is 16.7 Å². The number of fused-ring (bicyclic) bond motifs is 1. The molecule has 0 bridgehead atoms. The zero-order valence-corrected chi connectivity index (χ0v) is 11.3. The predicted octanol–water partition coefficient (Wildman–Crippen LogP) is 2.33. The van der Waals surface area contributed by atoms with Crippen molar-refractivity contribution in [1.82, 2.24) is 4.98 Å². The molecular weight excluding hydrogens is 260 g/mol. The van der Waals surface area contributed by atoms with Crippen LogP contribution in [0.5, 0.6) is 0 Å². The molecule has 1 aromatic carbocycles. The summed E-state index contributed by atoms with van der Waals surface area (Å²) in [5.41, 5.74) is 1.73. The highest BCUT2D eigenvalue weighted by Crippen LogP contribution is 2.34. The van der Waals surface area contributed by atoms with Gasteiger partial charge in [-0.1, -0.05) is 24.3 Å². The maximum absolute atomic E-state index is 12.1. The molecule has 2 aromatic rings. The van der Waals surface area contributed by atoms with Crippen molar-refractivity contribution < 1.29 is 8.42 Å². The van der Waals surface area contributed by atoms with Gasteiger partial charge < -0.3 is 5.32 Å². The molecule has 1 N–H and O–H groups in total. The Balaban J connectivity index is 1.96. The quantitative estimate of drug-likeness (QED) is 0.913. The van der Waals surface area contributed by atoms with Gasteiger partial charge in [-0.25, -0.2) is 13.4 Å². The second-order valence-corrected chi connectivity index (χ2v) is 6.68. The van der Waals surface area contributed by atoms with E-state index in [2.05, 4.69) is 10.3 Å². The highest BCUT2D eigenvalue weighted by atomic mass is 32.2. The number of benzene rings is 1. The van der Waals surface area contributed by atoms with E-state index in [0.29, 0.717) is 10.7 Å². The fraction of sp³-hybridized carbons (Fsp3) is 0.214. The largest absolute Gasteiger partial charge is 0.362 e. The molecule has 19 heavy (non-hydrogen) atoms. The van der Waals surface area contributed by atoms with E-state index in [1.807, 2.05) is 37.3 Å². The van der Waals surface area contributed by atoms with Crippen molar-refractivity contribution in [1.29, 1.82) is 0 Å². The maximum atomic E-state index is 12.1. The summed E-state index contributed by atoms with van der Waals surface area (Å²) < 4.78 is 24.1. The molecule has 0 radical (unpaired) electrons. The zero-order chi connectivity index (χ0) is 13.5. The number of aromatic nitrogens is 1. The molecule has 5 heteroatoms. The number of hydrogen-bond donors (Lipinski definition) is 1. The third kappa shape index (κ3) is 2.21. The molecule has 0 saturated carbocycles. The van der Waals surface area contributed by atoms with E-state index in [9.17, 15) is 8.42 Å². The number of nitrogens with one attached hydrogen (secondary N) is 1. The Labute approximate surface area is 112 Å². The molecule has 0 saturated heterocycles. The van der Waals surface area contributed by atoms with Gasteiger partial charge in [0.15, 0.2) is 9.84 Å². The number of sulfone groups is 1. The summed E-state index contributed by atoms with van der Waals surface area (Å²) >= 11 is 0. The van der Waals surface area contributed by atoms with E-state index < -0.39 is 9.84 Å². The molecule has 4 nitrogen and oxygen atoms in total. The molecule has 3 rings (SSSR count). The van der Waals surface area contributed by atoms with Crippen LogP contribution in [0.3, 0.4) is 0 Å². The average Bonchev–Trinajstić information content (AvgIpc) is 2.62. The van der Waals surface area contributed by atoms with Crippen LogP contribution in [-0.2, 0) is 9.84 Å². The first-order valence-corrected chi connectivity index (χ1v) is 7.73. The predicted molar refractivity (Wildman–Crippen MR) is 73.8 cm³/mol. The minimum Gasteiger partial charge on any atom is -0.362 e. The molecule has 0 fully saturated rings. The topological polar surface area (TPSA) is 59.1 Å². The molecule has 1 unspecified atom stereocenters. The van der Waals surface area contributed by atoms with Gasteiger partial charge in [-0.2, -0.15) is 0 Å². The lowest BCUT2D eigenvalue weighted by Crippen LogP contribution is -2.13. The van der Waals surface area contributed by atoms with Crippen LogP contribution >= 0.6 is 0 Å². The van der Waals surface area contributed by atoms with Crippen molar-refractivity contribution in [3.05, 3.63) is 53.7 Å². The number of pyridine rings is 1. The van der Waals surface area contributed by atoms with E-state index in [1.54, 1.807) is 12.1 Å². The van der Waals surface area contributed by atoms with Gasteiger partial charge in [-0.05, 0) is 30.7 Å². The third-order valence-electron chi connectivity index (χ3n) is 3.23. The molecule has 1 atom stereocenters. The van der Waals surface area contributed by atoms with Gasteiger partial charge in [-0.3, -0.25) is 0 Å². The van der Waals surface area contributed by atoms with Gasteiger partial charge in [-0.15, -0.1) is 0 Å². The van der Waals surface area contributed by atoms with E-state index in [0.717, 1.165) is 11.3 Å². The first-order valence-electron chi connectivity index (χ1n) is 6.08. The SMILES string of the molecule is Cc1cccc(NC2CS(=O)(=O)c3ccccc32)n1. The minimum atomic E-state index is -3.18. The lowest BCUT2D eigenvalue weighted by Gasteiger charge is -2.13. The Morgan fingerprint density at radius 3 is 2.74 bits per heavy atom. The van der Waals surface area contributed by atoms with Crippen LogP contribution in [0.15, 0.2) is 47.4 Å². The van der Waals surface area contributed by atoms with Crippen molar-refractivity contribution in [2.75, 3.05) is 11.1 Å². The molecule has 2 heterocycles.